The molecule has 0 aliphatic rings. The minimum Gasteiger partial charge on any atom is -0.508 e. The second-order valence-corrected chi connectivity index (χ2v) is 10.5. The fraction of sp³-hybridized carbons (Fsp3) is 0. The fourth-order valence-electron chi connectivity index (χ4n) is 4.48. The third kappa shape index (κ3) is 8.96. The summed E-state index contributed by atoms with van der Waals surface area (Å²) in [7, 11) is 0. The molecule has 0 radical (unpaired) electrons. The highest BCUT2D eigenvalue weighted by Gasteiger charge is 2.18. The Balaban J connectivity index is 0.000000169. The molecule has 0 amide bonds. The highest BCUT2D eigenvalue weighted by Crippen LogP contribution is 2.30. The molecule has 0 spiro atoms. The number of hydrogen-bond donors (Lipinski definition) is 8. The molecule has 0 heterocycles. The maximum absolute atomic E-state index is 12.0. The number of hydrogen-bond acceptors (Lipinski definition) is 11. The lowest BCUT2D eigenvalue weighted by Crippen LogP contribution is -2.01. The van der Waals surface area contributed by atoms with E-state index in [-0.39, 0.29) is 79.8 Å². The number of carbonyl (C=O) groups is 3. The summed E-state index contributed by atoms with van der Waals surface area (Å²) in [5.74, 6) is -2.80. The lowest BCUT2D eigenvalue weighted by atomic mass is 10.0. The van der Waals surface area contributed by atoms with E-state index in [2.05, 4.69) is 0 Å². The van der Waals surface area contributed by atoms with E-state index >= 15 is 0 Å². The van der Waals surface area contributed by atoms with Gasteiger partial charge in [0.2, 0.25) is 0 Å². The monoisotopic (exact) mass is 674 g/mol. The van der Waals surface area contributed by atoms with Gasteiger partial charge in [0.1, 0.15) is 46.0 Å². The Morgan fingerprint density at radius 3 is 0.780 bits per heavy atom. The predicted octanol–water partition coefficient (Wildman–Crippen LogP) is 6.40. The first-order valence-electron chi connectivity index (χ1n) is 14.7. The minimum atomic E-state index is -0.606. The van der Waals surface area contributed by atoms with Crippen LogP contribution in [0, 0.1) is 0 Å². The summed E-state index contributed by atoms with van der Waals surface area (Å²) in [6.07, 6.45) is 0. The standard InChI is InChI=1S/C13H10O5.2C13H10O3/c14-7-1-3-9(11(16)5-7)13(18)10-4-2-8(15)6-12(10)17;2*14-10-6-7-11(12(15)8-10)13(16)9-4-2-1-3-5-9/h1-6,14-17H;2*1-8,14-15H. The first-order valence-corrected chi connectivity index (χ1v) is 14.7. The molecule has 8 N–H and O–H groups in total. The Morgan fingerprint density at radius 2 is 0.540 bits per heavy atom. The van der Waals surface area contributed by atoms with Crippen molar-refractivity contribution in [3.8, 4) is 46.0 Å². The molecule has 6 aromatic carbocycles. The van der Waals surface area contributed by atoms with Crippen LogP contribution in [0.5, 0.6) is 46.0 Å². The molecule has 0 saturated heterocycles. The Hall–Kier alpha value is -7.27. The van der Waals surface area contributed by atoms with Gasteiger partial charge in [-0.1, -0.05) is 60.7 Å². The van der Waals surface area contributed by atoms with Crippen LogP contribution < -0.4 is 0 Å². The number of carbonyl (C=O) groups excluding carboxylic acids is 3. The van der Waals surface area contributed by atoms with Crippen LogP contribution in [0.2, 0.25) is 0 Å². The normalized spacial score (nSPS) is 10.1. The van der Waals surface area contributed by atoms with E-state index in [1.54, 1.807) is 48.5 Å². The minimum absolute atomic E-state index is 0.0474. The van der Waals surface area contributed by atoms with Crippen LogP contribution >= 0.6 is 0 Å². The highest BCUT2D eigenvalue weighted by atomic mass is 16.3. The number of phenolic OH excluding ortho intramolecular Hbond substituents is 8. The fourth-order valence-corrected chi connectivity index (χ4v) is 4.48. The lowest BCUT2D eigenvalue weighted by Gasteiger charge is -2.06. The van der Waals surface area contributed by atoms with Crippen molar-refractivity contribution in [2.24, 2.45) is 0 Å². The zero-order valence-electron chi connectivity index (χ0n) is 26.0. The average molecular weight is 675 g/mol. The van der Waals surface area contributed by atoms with E-state index < -0.39 is 5.78 Å². The molecule has 0 saturated carbocycles. The van der Waals surface area contributed by atoms with Crippen molar-refractivity contribution < 1.29 is 55.2 Å². The quantitative estimate of drug-likeness (QED) is 0.0906. The van der Waals surface area contributed by atoms with Crippen molar-refractivity contribution in [1.82, 2.24) is 0 Å². The Morgan fingerprint density at radius 1 is 0.300 bits per heavy atom. The number of ketones is 3. The SMILES string of the molecule is O=C(c1ccc(O)cc1O)c1ccc(O)cc1O.O=C(c1ccccc1)c1ccc(O)cc1O.O=C(c1ccccc1)c1ccc(O)cc1O. The van der Waals surface area contributed by atoms with Crippen molar-refractivity contribution >= 4 is 17.3 Å². The zero-order chi connectivity index (χ0) is 36.4. The molecule has 252 valence electrons. The van der Waals surface area contributed by atoms with Gasteiger partial charge in [0.15, 0.2) is 17.3 Å². The number of benzene rings is 6. The van der Waals surface area contributed by atoms with Gasteiger partial charge in [0.25, 0.3) is 0 Å². The van der Waals surface area contributed by atoms with E-state index in [4.69, 9.17) is 20.4 Å². The smallest absolute Gasteiger partial charge is 0.200 e. The van der Waals surface area contributed by atoms with E-state index in [1.165, 1.54) is 48.5 Å². The summed E-state index contributed by atoms with van der Waals surface area (Å²) in [6.45, 7) is 0. The van der Waals surface area contributed by atoms with Gasteiger partial charge in [-0.3, -0.25) is 14.4 Å². The van der Waals surface area contributed by atoms with Crippen LogP contribution in [-0.4, -0.2) is 58.2 Å². The van der Waals surface area contributed by atoms with E-state index in [9.17, 15) is 34.8 Å². The molecular formula is C39H30O11. The Kier molecular flexibility index (Phi) is 11.4. The molecule has 11 heteroatoms. The molecule has 6 rings (SSSR count). The van der Waals surface area contributed by atoms with Gasteiger partial charge in [-0.15, -0.1) is 0 Å². The second kappa shape index (κ2) is 16.0. The van der Waals surface area contributed by atoms with Gasteiger partial charge in [0.05, 0.1) is 22.3 Å². The second-order valence-electron chi connectivity index (χ2n) is 10.5. The molecule has 0 fully saturated rings. The third-order valence-corrected chi connectivity index (χ3v) is 6.98. The molecule has 0 atom stereocenters. The van der Waals surface area contributed by atoms with Crippen molar-refractivity contribution in [2.45, 2.75) is 0 Å². The van der Waals surface area contributed by atoms with E-state index in [1.807, 2.05) is 12.1 Å². The van der Waals surface area contributed by atoms with Crippen LogP contribution in [0.4, 0.5) is 0 Å². The van der Waals surface area contributed by atoms with Gasteiger partial charge in [-0.25, -0.2) is 0 Å². The topological polar surface area (TPSA) is 213 Å². The van der Waals surface area contributed by atoms with Crippen molar-refractivity contribution in [3.05, 3.63) is 167 Å². The van der Waals surface area contributed by atoms with Crippen LogP contribution in [0.3, 0.4) is 0 Å². The molecule has 6 aromatic rings. The summed E-state index contributed by atoms with van der Waals surface area (Å²) >= 11 is 0. The summed E-state index contributed by atoms with van der Waals surface area (Å²) in [6, 6.07) is 32.3. The van der Waals surface area contributed by atoms with Crippen LogP contribution in [0.1, 0.15) is 47.8 Å². The summed E-state index contributed by atoms with van der Waals surface area (Å²) in [5, 5.41) is 74.7. The molecule has 0 aromatic heterocycles. The Labute approximate surface area is 285 Å². The zero-order valence-corrected chi connectivity index (χ0v) is 26.0. The van der Waals surface area contributed by atoms with Gasteiger partial charge in [0, 0.05) is 35.4 Å². The molecule has 0 unspecified atom stereocenters. The number of aromatic hydroxyl groups is 8. The molecule has 11 nitrogen and oxygen atoms in total. The predicted molar refractivity (Wildman–Crippen MR) is 182 cm³/mol. The van der Waals surface area contributed by atoms with Crippen molar-refractivity contribution in [2.75, 3.05) is 0 Å². The van der Waals surface area contributed by atoms with Gasteiger partial charge < -0.3 is 40.9 Å². The van der Waals surface area contributed by atoms with Crippen LogP contribution in [-0.2, 0) is 0 Å². The van der Waals surface area contributed by atoms with Crippen molar-refractivity contribution in [3.63, 3.8) is 0 Å². The molecule has 0 aliphatic heterocycles. The van der Waals surface area contributed by atoms with Crippen LogP contribution in [0.15, 0.2) is 133 Å². The first-order chi connectivity index (χ1) is 23.8. The maximum atomic E-state index is 12.0. The van der Waals surface area contributed by atoms with Gasteiger partial charge in [-0.2, -0.15) is 0 Å². The molecule has 0 bridgehead atoms. The number of rotatable bonds is 6. The third-order valence-electron chi connectivity index (χ3n) is 6.98. The maximum Gasteiger partial charge on any atom is 0.200 e. The molecule has 50 heavy (non-hydrogen) atoms. The average Bonchev–Trinajstić information content (AvgIpc) is 3.09. The molecule has 0 aliphatic carbocycles. The van der Waals surface area contributed by atoms with E-state index in [0.717, 1.165) is 24.3 Å². The van der Waals surface area contributed by atoms with Crippen molar-refractivity contribution in [1.29, 1.82) is 0 Å². The summed E-state index contributed by atoms with van der Waals surface area (Å²) in [4.78, 5) is 35.9. The lowest BCUT2D eigenvalue weighted by molar-refractivity contribution is 0.102. The van der Waals surface area contributed by atoms with Gasteiger partial charge in [-0.05, 0) is 48.5 Å². The number of phenols is 8. The first kappa shape index (κ1) is 35.6. The highest BCUT2D eigenvalue weighted by molar-refractivity contribution is 6.12. The molecular weight excluding hydrogens is 644 g/mol. The largest absolute Gasteiger partial charge is 0.508 e. The summed E-state index contributed by atoms with van der Waals surface area (Å²) in [5.41, 5.74) is 1.28. The van der Waals surface area contributed by atoms with E-state index in [0.29, 0.717) is 11.1 Å². The van der Waals surface area contributed by atoms with Gasteiger partial charge >= 0.3 is 0 Å². The van der Waals surface area contributed by atoms with Crippen LogP contribution in [0.25, 0.3) is 0 Å². The summed E-state index contributed by atoms with van der Waals surface area (Å²) < 4.78 is 0. The Bertz CT molecular complexity index is 1990.